The summed E-state index contributed by atoms with van der Waals surface area (Å²) in [5, 5.41) is 3.29. The fourth-order valence-electron chi connectivity index (χ4n) is 0.941. The van der Waals surface area contributed by atoms with Crippen LogP contribution in [0.1, 0.15) is 27.2 Å². The standard InChI is InChI=1S/C8H15N/c1-4-6(2)7(3)8-5-9-8/h8-9H,4-5H2,1-3H3/b7-6+. The van der Waals surface area contributed by atoms with Gasteiger partial charge in [0.2, 0.25) is 0 Å². The smallest absolute Gasteiger partial charge is 0.0406 e. The predicted octanol–water partition coefficient (Wildman–Crippen LogP) is 1.70. The van der Waals surface area contributed by atoms with Crippen molar-refractivity contribution in [3.05, 3.63) is 11.1 Å². The molecule has 1 aliphatic heterocycles. The zero-order chi connectivity index (χ0) is 6.85. The summed E-state index contributed by atoms with van der Waals surface area (Å²) in [6, 6.07) is 0.727. The van der Waals surface area contributed by atoms with Crippen molar-refractivity contribution in [2.45, 2.75) is 33.2 Å². The lowest BCUT2D eigenvalue weighted by atomic mass is 10.1. The maximum Gasteiger partial charge on any atom is 0.0406 e. The maximum absolute atomic E-state index is 3.29. The summed E-state index contributed by atoms with van der Waals surface area (Å²) in [5.41, 5.74) is 3.10. The molecule has 0 aromatic rings. The maximum atomic E-state index is 3.29. The minimum absolute atomic E-state index is 0.727. The SMILES string of the molecule is CC/C(C)=C(\C)C1CN1. The van der Waals surface area contributed by atoms with E-state index >= 15 is 0 Å². The molecule has 1 nitrogen and oxygen atoms in total. The minimum atomic E-state index is 0.727. The van der Waals surface area contributed by atoms with E-state index in [0.717, 1.165) is 6.04 Å². The van der Waals surface area contributed by atoms with E-state index in [1.807, 2.05) is 0 Å². The van der Waals surface area contributed by atoms with Crippen LogP contribution in [0.3, 0.4) is 0 Å². The van der Waals surface area contributed by atoms with Crippen LogP contribution in [0.2, 0.25) is 0 Å². The highest BCUT2D eigenvalue weighted by Crippen LogP contribution is 2.16. The molecule has 1 atom stereocenters. The second kappa shape index (κ2) is 2.53. The highest BCUT2D eigenvalue weighted by Gasteiger charge is 2.22. The van der Waals surface area contributed by atoms with Crippen LogP contribution in [-0.2, 0) is 0 Å². The van der Waals surface area contributed by atoms with Crippen LogP contribution >= 0.6 is 0 Å². The molecule has 1 fully saturated rings. The van der Waals surface area contributed by atoms with Gasteiger partial charge >= 0.3 is 0 Å². The number of nitrogens with one attached hydrogen (secondary N) is 1. The highest BCUT2D eigenvalue weighted by atomic mass is 15.1. The number of hydrogen-bond donors (Lipinski definition) is 1. The Morgan fingerprint density at radius 2 is 2.11 bits per heavy atom. The summed E-state index contributed by atoms with van der Waals surface area (Å²) in [6.45, 7) is 7.85. The Hall–Kier alpha value is -0.300. The third-order valence-electron chi connectivity index (χ3n) is 2.13. The monoisotopic (exact) mass is 125 g/mol. The van der Waals surface area contributed by atoms with Crippen LogP contribution in [-0.4, -0.2) is 12.6 Å². The third kappa shape index (κ3) is 1.55. The molecule has 1 N–H and O–H groups in total. The van der Waals surface area contributed by atoms with E-state index in [0.29, 0.717) is 0 Å². The average molecular weight is 125 g/mol. The van der Waals surface area contributed by atoms with Crippen LogP contribution in [0.15, 0.2) is 11.1 Å². The van der Waals surface area contributed by atoms with E-state index in [2.05, 4.69) is 26.1 Å². The van der Waals surface area contributed by atoms with Gasteiger partial charge in [-0.05, 0) is 20.3 Å². The van der Waals surface area contributed by atoms with Crippen LogP contribution in [0.25, 0.3) is 0 Å². The van der Waals surface area contributed by atoms with Gasteiger partial charge in [-0.15, -0.1) is 0 Å². The molecule has 0 aromatic heterocycles. The van der Waals surface area contributed by atoms with E-state index in [1.54, 1.807) is 11.1 Å². The second-order valence-electron chi connectivity index (χ2n) is 2.78. The van der Waals surface area contributed by atoms with Crippen molar-refractivity contribution in [2.24, 2.45) is 0 Å². The van der Waals surface area contributed by atoms with Crippen molar-refractivity contribution in [3.63, 3.8) is 0 Å². The molecule has 1 unspecified atom stereocenters. The lowest BCUT2D eigenvalue weighted by Crippen LogP contribution is -1.94. The summed E-state index contributed by atoms with van der Waals surface area (Å²) in [4.78, 5) is 0. The molecule has 1 rings (SSSR count). The number of allylic oxidation sites excluding steroid dienone is 1. The molecule has 0 amide bonds. The Balaban J connectivity index is 2.53. The van der Waals surface area contributed by atoms with E-state index in [4.69, 9.17) is 0 Å². The number of rotatable bonds is 2. The molecular formula is C8H15N. The van der Waals surface area contributed by atoms with E-state index in [-0.39, 0.29) is 0 Å². The molecule has 0 aliphatic carbocycles. The Kier molecular flexibility index (Phi) is 1.91. The fraction of sp³-hybridized carbons (Fsp3) is 0.750. The van der Waals surface area contributed by atoms with Crippen LogP contribution in [0, 0.1) is 0 Å². The lowest BCUT2D eigenvalue weighted by molar-refractivity contribution is 0.989. The van der Waals surface area contributed by atoms with Gasteiger partial charge < -0.3 is 5.32 Å². The molecule has 0 radical (unpaired) electrons. The molecule has 0 saturated carbocycles. The third-order valence-corrected chi connectivity index (χ3v) is 2.13. The van der Waals surface area contributed by atoms with Gasteiger partial charge in [0, 0.05) is 12.6 Å². The minimum Gasteiger partial charge on any atom is -0.307 e. The molecular weight excluding hydrogens is 110 g/mol. The Bertz CT molecular complexity index is 132. The summed E-state index contributed by atoms with van der Waals surface area (Å²) in [6.07, 6.45) is 1.20. The molecule has 1 heteroatoms. The fourth-order valence-corrected chi connectivity index (χ4v) is 0.941. The zero-order valence-corrected chi connectivity index (χ0v) is 6.49. The number of hydrogen-bond acceptors (Lipinski definition) is 1. The normalized spacial score (nSPS) is 27.7. The van der Waals surface area contributed by atoms with Crippen molar-refractivity contribution < 1.29 is 0 Å². The first-order chi connectivity index (χ1) is 4.25. The Labute approximate surface area is 57.1 Å². The first kappa shape index (κ1) is 6.81. The van der Waals surface area contributed by atoms with E-state index < -0.39 is 0 Å². The van der Waals surface area contributed by atoms with Gasteiger partial charge in [0.05, 0.1) is 0 Å². The van der Waals surface area contributed by atoms with Gasteiger partial charge in [-0.25, -0.2) is 0 Å². The molecule has 52 valence electrons. The van der Waals surface area contributed by atoms with Crippen molar-refractivity contribution in [3.8, 4) is 0 Å². The van der Waals surface area contributed by atoms with Crippen molar-refractivity contribution >= 4 is 0 Å². The van der Waals surface area contributed by atoms with Crippen LogP contribution < -0.4 is 5.32 Å². The van der Waals surface area contributed by atoms with Gasteiger partial charge in [-0.1, -0.05) is 18.1 Å². The summed E-state index contributed by atoms with van der Waals surface area (Å²) in [7, 11) is 0. The quantitative estimate of drug-likeness (QED) is 0.440. The van der Waals surface area contributed by atoms with Gasteiger partial charge in [0.25, 0.3) is 0 Å². The molecule has 0 aromatic carbocycles. The van der Waals surface area contributed by atoms with E-state index in [9.17, 15) is 0 Å². The van der Waals surface area contributed by atoms with Crippen molar-refractivity contribution in [1.29, 1.82) is 0 Å². The predicted molar refractivity (Wildman–Crippen MR) is 40.5 cm³/mol. The second-order valence-corrected chi connectivity index (χ2v) is 2.78. The largest absolute Gasteiger partial charge is 0.307 e. The van der Waals surface area contributed by atoms with Crippen LogP contribution in [0.4, 0.5) is 0 Å². The van der Waals surface area contributed by atoms with Crippen molar-refractivity contribution in [2.75, 3.05) is 6.54 Å². The Morgan fingerprint density at radius 1 is 1.56 bits per heavy atom. The molecule has 0 bridgehead atoms. The zero-order valence-electron chi connectivity index (χ0n) is 6.49. The molecule has 1 heterocycles. The van der Waals surface area contributed by atoms with Gasteiger partial charge in [-0.2, -0.15) is 0 Å². The Morgan fingerprint density at radius 3 is 2.44 bits per heavy atom. The highest BCUT2D eigenvalue weighted by molar-refractivity contribution is 5.21. The lowest BCUT2D eigenvalue weighted by Gasteiger charge is -2.00. The topological polar surface area (TPSA) is 21.9 Å². The molecule has 0 spiro atoms. The van der Waals surface area contributed by atoms with Gasteiger partial charge in [0.1, 0.15) is 0 Å². The first-order valence-electron chi connectivity index (χ1n) is 3.65. The molecule has 9 heavy (non-hydrogen) atoms. The molecule has 1 saturated heterocycles. The van der Waals surface area contributed by atoms with Gasteiger partial charge in [-0.3, -0.25) is 0 Å². The molecule has 1 aliphatic rings. The van der Waals surface area contributed by atoms with Crippen molar-refractivity contribution in [1.82, 2.24) is 5.32 Å². The van der Waals surface area contributed by atoms with Gasteiger partial charge in [0.15, 0.2) is 0 Å². The van der Waals surface area contributed by atoms with E-state index in [1.165, 1.54) is 13.0 Å². The first-order valence-corrected chi connectivity index (χ1v) is 3.65. The van der Waals surface area contributed by atoms with Crippen LogP contribution in [0.5, 0.6) is 0 Å². The summed E-state index contributed by atoms with van der Waals surface area (Å²) >= 11 is 0. The average Bonchev–Trinajstić information content (AvgIpc) is 2.66. The summed E-state index contributed by atoms with van der Waals surface area (Å²) < 4.78 is 0. The summed E-state index contributed by atoms with van der Waals surface area (Å²) in [5.74, 6) is 0.